The predicted octanol–water partition coefficient (Wildman–Crippen LogP) is 6.59. The zero-order valence-electron chi connectivity index (χ0n) is 25.8. The summed E-state index contributed by atoms with van der Waals surface area (Å²) >= 11 is 0. The van der Waals surface area contributed by atoms with Gasteiger partial charge in [-0.05, 0) is 59.5 Å². The Bertz CT molecular complexity index is 1490. The summed E-state index contributed by atoms with van der Waals surface area (Å²) < 4.78 is 13.5. The van der Waals surface area contributed by atoms with E-state index in [-0.39, 0.29) is 30.8 Å². The van der Waals surface area contributed by atoms with E-state index in [0.717, 1.165) is 46.5 Å². The molecule has 1 heterocycles. The predicted molar refractivity (Wildman–Crippen MR) is 174 cm³/mol. The lowest BCUT2D eigenvalue weighted by molar-refractivity contribution is -0.276. The third-order valence-corrected chi connectivity index (χ3v) is 8.12. The molecule has 1 fully saturated rings. The van der Waals surface area contributed by atoms with Crippen molar-refractivity contribution in [3.05, 3.63) is 131 Å². The number of hydrogen-bond donors (Lipinski definition) is 3. The number of carbonyl (C=O) groups is 1. The molecule has 0 aromatic heterocycles. The fourth-order valence-corrected chi connectivity index (χ4v) is 5.73. The summed E-state index contributed by atoms with van der Waals surface area (Å²) in [6.07, 6.45) is -0.798. The van der Waals surface area contributed by atoms with Gasteiger partial charge in [0.05, 0.1) is 18.8 Å². The zero-order chi connectivity index (χ0) is 30.9. The second kappa shape index (κ2) is 15.1. The maximum Gasteiger partial charge on any atom is 0.315 e. The average molecular weight is 594 g/mol. The highest BCUT2D eigenvalue weighted by molar-refractivity contribution is 5.74. The van der Waals surface area contributed by atoms with E-state index in [1.54, 1.807) is 0 Å². The number of aliphatic hydroxyl groups excluding tert-OH is 1. The number of hydrogen-bond acceptors (Lipinski definition) is 5. The Balaban J connectivity index is 1.38. The van der Waals surface area contributed by atoms with Gasteiger partial charge in [0, 0.05) is 37.7 Å². The van der Waals surface area contributed by atoms with Crippen LogP contribution in [-0.2, 0) is 29.2 Å². The van der Waals surface area contributed by atoms with Crippen LogP contribution in [0, 0.1) is 5.92 Å². The minimum Gasteiger partial charge on any atom is -0.392 e. The number of nitrogens with one attached hydrogen (secondary N) is 2. The van der Waals surface area contributed by atoms with E-state index in [4.69, 9.17) is 9.47 Å². The standard InChI is InChI=1S/C37H43N3O4/c1-4-38-37(42)39-22-29-12-8-13-31(20-29)32-14-9-15-33(21-32)36-43-34(24-40(3)23-27-10-6-5-7-11-27)26(2)35(44-36)30-18-16-28(25-41)17-19-30/h5-21,26,34-36,41H,4,22-25H2,1-3H3,(H2,38,39,42). The topological polar surface area (TPSA) is 83.1 Å². The highest BCUT2D eigenvalue weighted by Crippen LogP contribution is 2.42. The van der Waals surface area contributed by atoms with Gasteiger partial charge in [0.1, 0.15) is 0 Å². The Morgan fingerprint density at radius 3 is 2.23 bits per heavy atom. The van der Waals surface area contributed by atoms with Crippen molar-refractivity contribution in [3.8, 4) is 11.1 Å². The van der Waals surface area contributed by atoms with E-state index >= 15 is 0 Å². The van der Waals surface area contributed by atoms with Gasteiger partial charge >= 0.3 is 6.03 Å². The number of urea groups is 1. The van der Waals surface area contributed by atoms with Crippen molar-refractivity contribution in [1.82, 2.24) is 15.5 Å². The number of nitrogens with zero attached hydrogens (tertiary/aromatic N) is 1. The molecule has 44 heavy (non-hydrogen) atoms. The van der Waals surface area contributed by atoms with Crippen LogP contribution in [0.3, 0.4) is 0 Å². The van der Waals surface area contributed by atoms with Gasteiger partial charge in [-0.1, -0.05) is 97.9 Å². The summed E-state index contributed by atoms with van der Waals surface area (Å²) in [7, 11) is 2.13. The van der Waals surface area contributed by atoms with Gasteiger partial charge in [-0.2, -0.15) is 0 Å². The maximum absolute atomic E-state index is 11.9. The molecule has 1 saturated heterocycles. The molecule has 4 unspecified atom stereocenters. The molecule has 7 nitrogen and oxygen atoms in total. The first-order valence-electron chi connectivity index (χ1n) is 15.4. The lowest BCUT2D eigenvalue weighted by Gasteiger charge is -2.42. The summed E-state index contributed by atoms with van der Waals surface area (Å²) in [5.74, 6) is 0.0988. The first kappa shape index (κ1) is 31.4. The molecule has 0 spiro atoms. The van der Waals surface area contributed by atoms with Crippen LogP contribution in [-0.4, -0.2) is 42.3 Å². The van der Waals surface area contributed by atoms with E-state index in [0.29, 0.717) is 13.1 Å². The molecule has 0 radical (unpaired) electrons. The van der Waals surface area contributed by atoms with Crippen molar-refractivity contribution in [2.24, 2.45) is 5.92 Å². The second-order valence-corrected chi connectivity index (χ2v) is 11.5. The van der Waals surface area contributed by atoms with Crippen LogP contribution < -0.4 is 10.6 Å². The normalized spacial score (nSPS) is 19.9. The number of rotatable bonds is 11. The number of carbonyl (C=O) groups excluding carboxylic acids is 1. The smallest absolute Gasteiger partial charge is 0.315 e. The van der Waals surface area contributed by atoms with E-state index in [1.165, 1.54) is 5.56 Å². The van der Waals surface area contributed by atoms with Crippen LogP contribution in [0.4, 0.5) is 4.79 Å². The number of ether oxygens (including phenoxy) is 2. The molecular formula is C37H43N3O4. The van der Waals surface area contributed by atoms with Gasteiger partial charge in [-0.25, -0.2) is 4.79 Å². The molecule has 0 aliphatic carbocycles. The van der Waals surface area contributed by atoms with Gasteiger partial charge in [-0.15, -0.1) is 0 Å². The highest BCUT2D eigenvalue weighted by atomic mass is 16.7. The monoisotopic (exact) mass is 593 g/mol. The SMILES string of the molecule is CCNC(=O)NCc1cccc(-c2cccc(C3OC(CN(C)Cc4ccccc4)C(C)C(c4ccc(CO)cc4)O3)c2)c1. The third-order valence-electron chi connectivity index (χ3n) is 8.12. The Hall–Kier alpha value is -4.01. The summed E-state index contributed by atoms with van der Waals surface area (Å²) in [4.78, 5) is 14.2. The average Bonchev–Trinajstić information content (AvgIpc) is 3.05. The summed E-state index contributed by atoms with van der Waals surface area (Å²) in [5.41, 5.74) is 7.29. The minimum atomic E-state index is -0.550. The van der Waals surface area contributed by atoms with Crippen molar-refractivity contribution < 1.29 is 19.4 Å². The van der Waals surface area contributed by atoms with Gasteiger partial charge < -0.3 is 25.2 Å². The fourth-order valence-electron chi connectivity index (χ4n) is 5.73. The number of aliphatic hydroxyl groups is 1. The molecule has 1 aliphatic heterocycles. The van der Waals surface area contributed by atoms with Gasteiger partial charge in [0.15, 0.2) is 6.29 Å². The van der Waals surface area contributed by atoms with Crippen molar-refractivity contribution in [2.75, 3.05) is 20.1 Å². The largest absolute Gasteiger partial charge is 0.392 e. The molecule has 3 N–H and O–H groups in total. The number of benzene rings is 4. The summed E-state index contributed by atoms with van der Waals surface area (Å²) in [5, 5.41) is 15.2. The Morgan fingerprint density at radius 1 is 0.795 bits per heavy atom. The van der Waals surface area contributed by atoms with Crippen molar-refractivity contribution in [3.63, 3.8) is 0 Å². The molecule has 1 aliphatic rings. The van der Waals surface area contributed by atoms with Crippen LogP contribution in [0.1, 0.15) is 54.1 Å². The summed E-state index contributed by atoms with van der Waals surface area (Å²) in [6, 6.07) is 34.8. The summed E-state index contributed by atoms with van der Waals surface area (Å²) in [6.45, 7) is 6.71. The van der Waals surface area contributed by atoms with Crippen molar-refractivity contribution in [2.45, 2.75) is 52.0 Å². The molecule has 7 heteroatoms. The first-order chi connectivity index (χ1) is 21.4. The molecule has 0 bridgehead atoms. The van der Waals surface area contributed by atoms with Gasteiger partial charge in [-0.3, -0.25) is 4.90 Å². The number of amides is 2. The molecule has 0 saturated carbocycles. The third kappa shape index (κ3) is 8.12. The Labute approximate surface area is 260 Å². The van der Waals surface area contributed by atoms with Crippen LogP contribution in [0.5, 0.6) is 0 Å². The Morgan fingerprint density at radius 2 is 1.50 bits per heavy atom. The fraction of sp³-hybridized carbons (Fsp3) is 0.324. The highest BCUT2D eigenvalue weighted by Gasteiger charge is 2.38. The lowest BCUT2D eigenvalue weighted by atomic mass is 9.90. The van der Waals surface area contributed by atoms with Crippen LogP contribution in [0.2, 0.25) is 0 Å². The minimum absolute atomic E-state index is 0.00991. The molecule has 4 atom stereocenters. The van der Waals surface area contributed by atoms with Crippen LogP contribution in [0.25, 0.3) is 11.1 Å². The van der Waals surface area contributed by atoms with Crippen LogP contribution >= 0.6 is 0 Å². The van der Waals surface area contributed by atoms with E-state index < -0.39 is 6.29 Å². The van der Waals surface area contributed by atoms with Crippen molar-refractivity contribution >= 4 is 6.03 Å². The second-order valence-electron chi connectivity index (χ2n) is 11.5. The molecule has 4 aromatic rings. The zero-order valence-corrected chi connectivity index (χ0v) is 25.8. The van der Waals surface area contributed by atoms with E-state index in [1.807, 2.05) is 43.3 Å². The van der Waals surface area contributed by atoms with Crippen LogP contribution in [0.15, 0.2) is 103 Å². The molecule has 230 valence electrons. The van der Waals surface area contributed by atoms with Crippen molar-refractivity contribution in [1.29, 1.82) is 0 Å². The first-order valence-corrected chi connectivity index (χ1v) is 15.4. The van der Waals surface area contributed by atoms with Gasteiger partial charge in [0.25, 0.3) is 0 Å². The maximum atomic E-state index is 11.9. The van der Waals surface area contributed by atoms with E-state index in [2.05, 4.69) is 96.2 Å². The number of likely N-dealkylation sites (N-methyl/N-ethyl adjacent to an activating group) is 1. The molecule has 5 rings (SSSR count). The quantitative estimate of drug-likeness (QED) is 0.183. The van der Waals surface area contributed by atoms with Gasteiger partial charge in [0.2, 0.25) is 0 Å². The van der Waals surface area contributed by atoms with E-state index in [9.17, 15) is 9.90 Å². The molecular weight excluding hydrogens is 550 g/mol. The molecule has 4 aromatic carbocycles. The lowest BCUT2D eigenvalue weighted by Crippen LogP contribution is -2.43. The Kier molecular flexibility index (Phi) is 10.8. The molecule has 2 amide bonds.